The van der Waals surface area contributed by atoms with Crippen molar-refractivity contribution in [3.05, 3.63) is 35.9 Å². The molecule has 0 amide bonds. The first-order valence-electron chi connectivity index (χ1n) is 5.28. The van der Waals surface area contributed by atoms with Gasteiger partial charge in [0.15, 0.2) is 6.29 Å². The molecule has 2 rings (SSSR count). The van der Waals surface area contributed by atoms with E-state index >= 15 is 0 Å². The van der Waals surface area contributed by atoms with Crippen molar-refractivity contribution in [1.82, 2.24) is 0 Å². The topological polar surface area (TPSA) is 59.1 Å². The van der Waals surface area contributed by atoms with Crippen LogP contribution in [0.2, 0.25) is 0 Å². The Morgan fingerprint density at radius 3 is 2.81 bits per heavy atom. The molecular formula is C12H14O4. The maximum atomic E-state index is 10.3. The van der Waals surface area contributed by atoms with Crippen molar-refractivity contribution < 1.29 is 19.4 Å². The van der Waals surface area contributed by atoms with Gasteiger partial charge < -0.3 is 14.6 Å². The van der Waals surface area contributed by atoms with Gasteiger partial charge in [-0.1, -0.05) is 30.3 Å². The summed E-state index contributed by atoms with van der Waals surface area (Å²) in [4.78, 5) is 10.3. The van der Waals surface area contributed by atoms with Gasteiger partial charge in [0.05, 0.1) is 6.61 Å². The Hall–Kier alpha value is -1.39. The Morgan fingerprint density at radius 1 is 1.38 bits per heavy atom. The Labute approximate surface area is 93.8 Å². The normalized spacial score (nSPS) is 23.0. The van der Waals surface area contributed by atoms with Crippen LogP contribution < -0.4 is 0 Å². The molecule has 0 aliphatic carbocycles. The van der Waals surface area contributed by atoms with Gasteiger partial charge in [-0.15, -0.1) is 0 Å². The van der Waals surface area contributed by atoms with Crippen LogP contribution in [0.25, 0.3) is 0 Å². The maximum Gasteiger partial charge on any atom is 0.303 e. The third kappa shape index (κ3) is 3.32. The molecule has 1 aromatic carbocycles. The highest BCUT2D eigenvalue weighted by Gasteiger charge is 2.39. The smallest absolute Gasteiger partial charge is 0.303 e. The summed E-state index contributed by atoms with van der Waals surface area (Å²) in [6.45, 7) is 0.509. The fraction of sp³-hybridized carbons (Fsp3) is 0.417. The van der Waals surface area contributed by atoms with Gasteiger partial charge in [-0.3, -0.25) is 4.79 Å². The number of carboxylic acid groups (broad SMARTS) is 1. The molecule has 1 aromatic rings. The highest BCUT2D eigenvalue weighted by Crippen LogP contribution is 2.28. The van der Waals surface area contributed by atoms with Crippen molar-refractivity contribution in [1.29, 1.82) is 0 Å². The number of benzene rings is 1. The molecule has 0 aromatic heterocycles. The molecule has 1 heterocycles. The van der Waals surface area contributed by atoms with E-state index < -0.39 is 5.97 Å². The van der Waals surface area contributed by atoms with Crippen LogP contribution in [0.5, 0.6) is 0 Å². The molecule has 0 radical (unpaired) electrons. The summed E-state index contributed by atoms with van der Waals surface area (Å²) in [7, 11) is 0. The average Bonchev–Trinajstić information content (AvgIpc) is 3.04. The molecule has 1 fully saturated rings. The van der Waals surface area contributed by atoms with Gasteiger partial charge in [0, 0.05) is 6.42 Å². The van der Waals surface area contributed by atoms with Gasteiger partial charge in [0.1, 0.15) is 6.10 Å². The molecule has 0 bridgehead atoms. The molecule has 2 unspecified atom stereocenters. The van der Waals surface area contributed by atoms with E-state index in [0.29, 0.717) is 13.0 Å². The lowest BCUT2D eigenvalue weighted by Crippen LogP contribution is -2.03. The molecular weight excluding hydrogens is 208 g/mol. The monoisotopic (exact) mass is 222 g/mol. The Kier molecular flexibility index (Phi) is 3.54. The van der Waals surface area contributed by atoms with E-state index in [0.717, 1.165) is 5.56 Å². The van der Waals surface area contributed by atoms with E-state index in [-0.39, 0.29) is 18.8 Å². The quantitative estimate of drug-likeness (QED) is 0.745. The second kappa shape index (κ2) is 5.09. The van der Waals surface area contributed by atoms with Crippen LogP contribution in [0.4, 0.5) is 0 Å². The summed E-state index contributed by atoms with van der Waals surface area (Å²) in [5.74, 6) is -0.794. The van der Waals surface area contributed by atoms with Gasteiger partial charge in [0.25, 0.3) is 0 Å². The lowest BCUT2D eigenvalue weighted by atomic mass is 10.2. The zero-order valence-electron chi connectivity index (χ0n) is 8.83. The van der Waals surface area contributed by atoms with Gasteiger partial charge >= 0.3 is 5.97 Å². The minimum atomic E-state index is -0.794. The summed E-state index contributed by atoms with van der Waals surface area (Å²) < 4.78 is 10.7. The molecule has 86 valence electrons. The highest BCUT2D eigenvalue weighted by molar-refractivity contribution is 5.66. The van der Waals surface area contributed by atoms with E-state index in [2.05, 4.69) is 0 Å². The maximum absolute atomic E-state index is 10.3. The predicted molar refractivity (Wildman–Crippen MR) is 56.8 cm³/mol. The Balaban J connectivity index is 1.64. The van der Waals surface area contributed by atoms with Crippen molar-refractivity contribution in [2.45, 2.75) is 31.8 Å². The molecule has 0 saturated carbocycles. The lowest BCUT2D eigenvalue weighted by Gasteiger charge is -2.00. The van der Waals surface area contributed by atoms with E-state index in [9.17, 15) is 4.79 Å². The molecule has 4 nitrogen and oxygen atoms in total. The van der Waals surface area contributed by atoms with Crippen molar-refractivity contribution in [2.24, 2.45) is 0 Å². The number of hydrogen-bond donors (Lipinski definition) is 1. The van der Waals surface area contributed by atoms with Gasteiger partial charge in [0.2, 0.25) is 0 Å². The van der Waals surface area contributed by atoms with Crippen LogP contribution >= 0.6 is 0 Å². The van der Waals surface area contributed by atoms with E-state index in [1.165, 1.54) is 0 Å². The number of carboxylic acids is 1. The molecule has 1 N–H and O–H groups in total. The predicted octanol–water partition coefficient (Wildman–Crippen LogP) is 1.79. The van der Waals surface area contributed by atoms with Crippen LogP contribution in [0.15, 0.2) is 30.3 Å². The summed E-state index contributed by atoms with van der Waals surface area (Å²) in [5, 5.41) is 8.49. The van der Waals surface area contributed by atoms with Crippen LogP contribution in [-0.2, 0) is 20.9 Å². The van der Waals surface area contributed by atoms with Crippen LogP contribution in [0, 0.1) is 0 Å². The fourth-order valence-corrected chi connectivity index (χ4v) is 1.50. The second-order valence-electron chi connectivity index (χ2n) is 3.77. The molecule has 1 aliphatic heterocycles. The number of aliphatic carboxylic acids is 1. The molecule has 1 aliphatic rings. The van der Waals surface area contributed by atoms with Gasteiger partial charge in [-0.25, -0.2) is 0 Å². The minimum absolute atomic E-state index is 0.0418. The summed E-state index contributed by atoms with van der Waals surface area (Å²) in [6.07, 6.45) is 0.393. The zero-order chi connectivity index (χ0) is 11.4. The standard InChI is InChI=1S/C12H14O4/c13-11(14)7-6-10-12(16-10)15-8-9-4-2-1-3-5-9/h1-5,10,12H,6-8H2,(H,13,14). The fourth-order valence-electron chi connectivity index (χ4n) is 1.50. The first kappa shape index (κ1) is 11.1. The van der Waals surface area contributed by atoms with E-state index in [4.69, 9.17) is 14.6 Å². The lowest BCUT2D eigenvalue weighted by molar-refractivity contribution is -0.137. The van der Waals surface area contributed by atoms with Crippen molar-refractivity contribution in [3.8, 4) is 0 Å². The Morgan fingerprint density at radius 2 is 2.12 bits per heavy atom. The molecule has 16 heavy (non-hydrogen) atoms. The number of ether oxygens (including phenoxy) is 2. The zero-order valence-corrected chi connectivity index (χ0v) is 8.83. The average molecular weight is 222 g/mol. The van der Waals surface area contributed by atoms with Crippen LogP contribution in [0.3, 0.4) is 0 Å². The van der Waals surface area contributed by atoms with Crippen LogP contribution in [-0.4, -0.2) is 23.5 Å². The van der Waals surface area contributed by atoms with E-state index in [1.807, 2.05) is 30.3 Å². The first-order chi connectivity index (χ1) is 7.75. The minimum Gasteiger partial charge on any atom is -0.481 e. The van der Waals surface area contributed by atoms with Crippen molar-refractivity contribution >= 4 is 5.97 Å². The first-order valence-corrected chi connectivity index (χ1v) is 5.28. The number of carbonyl (C=O) groups is 1. The summed E-state index contributed by atoms with van der Waals surface area (Å²) in [5.41, 5.74) is 1.09. The van der Waals surface area contributed by atoms with Crippen molar-refractivity contribution in [3.63, 3.8) is 0 Å². The van der Waals surface area contributed by atoms with Gasteiger partial charge in [-0.2, -0.15) is 0 Å². The molecule has 4 heteroatoms. The van der Waals surface area contributed by atoms with Crippen LogP contribution in [0.1, 0.15) is 18.4 Å². The van der Waals surface area contributed by atoms with Crippen molar-refractivity contribution in [2.75, 3.05) is 0 Å². The molecule has 2 atom stereocenters. The third-order valence-electron chi connectivity index (χ3n) is 2.44. The largest absolute Gasteiger partial charge is 0.481 e. The molecule has 1 saturated heterocycles. The third-order valence-corrected chi connectivity index (χ3v) is 2.44. The SMILES string of the molecule is O=C(O)CCC1OC1OCc1ccccc1. The molecule has 0 spiro atoms. The number of hydrogen-bond acceptors (Lipinski definition) is 3. The number of epoxide rings is 1. The number of rotatable bonds is 6. The highest BCUT2D eigenvalue weighted by atomic mass is 16.8. The summed E-state index contributed by atoms with van der Waals surface area (Å²) in [6, 6.07) is 9.82. The van der Waals surface area contributed by atoms with Gasteiger partial charge in [-0.05, 0) is 12.0 Å². The second-order valence-corrected chi connectivity index (χ2v) is 3.77. The summed E-state index contributed by atoms with van der Waals surface area (Å²) >= 11 is 0. The van der Waals surface area contributed by atoms with E-state index in [1.54, 1.807) is 0 Å². The Bertz CT molecular complexity index is 349.